The van der Waals surface area contributed by atoms with E-state index in [0.29, 0.717) is 0 Å². The van der Waals surface area contributed by atoms with Crippen LogP contribution in [0.2, 0.25) is 5.02 Å². The summed E-state index contributed by atoms with van der Waals surface area (Å²) in [6.07, 6.45) is 0. The lowest BCUT2D eigenvalue weighted by Crippen LogP contribution is -1.84. The first kappa shape index (κ1) is 14.0. The van der Waals surface area contributed by atoms with E-state index in [4.69, 9.17) is 11.6 Å². The summed E-state index contributed by atoms with van der Waals surface area (Å²) < 4.78 is 2.55. The molecule has 0 fully saturated rings. The Kier molecular flexibility index (Phi) is 3.12. The van der Waals surface area contributed by atoms with Crippen LogP contribution >= 0.6 is 22.9 Å². The summed E-state index contributed by atoms with van der Waals surface area (Å²) >= 11 is 8.69. The van der Waals surface area contributed by atoms with Gasteiger partial charge in [-0.2, -0.15) is 0 Å². The van der Waals surface area contributed by atoms with Crippen LogP contribution in [0.1, 0.15) is 0 Å². The molecule has 1 aromatic heterocycles. The van der Waals surface area contributed by atoms with Crippen LogP contribution in [0.4, 0.5) is 0 Å². The smallest absolute Gasteiger partial charge is 0.0577 e. The Morgan fingerprint density at radius 3 is 2.04 bits per heavy atom. The van der Waals surface area contributed by atoms with Gasteiger partial charge in [-0.3, -0.25) is 0 Å². The van der Waals surface area contributed by atoms with Crippen LogP contribution in [-0.2, 0) is 0 Å². The van der Waals surface area contributed by atoms with Gasteiger partial charge < -0.3 is 0 Å². The summed E-state index contributed by atoms with van der Waals surface area (Å²) in [5.74, 6) is 0. The van der Waals surface area contributed by atoms with Crippen LogP contribution in [0.25, 0.3) is 42.1 Å². The lowest BCUT2D eigenvalue weighted by molar-refractivity contribution is 1.69. The van der Waals surface area contributed by atoms with Crippen molar-refractivity contribution in [3.63, 3.8) is 0 Å². The minimum Gasteiger partial charge on any atom is -0.134 e. The maximum Gasteiger partial charge on any atom is 0.0577 e. The topological polar surface area (TPSA) is 0 Å². The van der Waals surface area contributed by atoms with E-state index in [2.05, 4.69) is 78.9 Å². The van der Waals surface area contributed by atoms with Gasteiger partial charge in [-0.25, -0.2) is 0 Å². The Bertz CT molecular complexity index is 1200. The quantitative estimate of drug-likeness (QED) is 0.295. The molecule has 2 heteroatoms. The molecule has 0 aliphatic rings. The van der Waals surface area contributed by atoms with E-state index in [1.807, 2.05) is 11.3 Å². The van der Waals surface area contributed by atoms with Gasteiger partial charge in [0, 0.05) is 31.1 Å². The molecule has 0 atom stereocenters. The van der Waals surface area contributed by atoms with Crippen LogP contribution in [-0.4, -0.2) is 0 Å². The molecule has 5 rings (SSSR count). The second-order valence-electron chi connectivity index (χ2n) is 5.90. The molecule has 0 unspecified atom stereocenters. The van der Waals surface area contributed by atoms with Gasteiger partial charge in [0.05, 0.1) is 5.02 Å². The van der Waals surface area contributed by atoms with Gasteiger partial charge in [0.25, 0.3) is 0 Å². The lowest BCUT2D eigenvalue weighted by Gasteiger charge is -2.11. The van der Waals surface area contributed by atoms with Gasteiger partial charge in [0.2, 0.25) is 0 Å². The molecule has 0 bridgehead atoms. The average molecular weight is 345 g/mol. The average Bonchev–Trinajstić information content (AvgIpc) is 3.02. The van der Waals surface area contributed by atoms with E-state index in [0.717, 1.165) is 10.4 Å². The highest BCUT2D eigenvalue weighted by atomic mass is 35.5. The van der Waals surface area contributed by atoms with Crippen molar-refractivity contribution in [3.8, 4) is 11.1 Å². The van der Waals surface area contributed by atoms with Crippen molar-refractivity contribution in [1.29, 1.82) is 0 Å². The Labute approximate surface area is 148 Å². The zero-order chi connectivity index (χ0) is 16.1. The van der Waals surface area contributed by atoms with Gasteiger partial charge >= 0.3 is 0 Å². The van der Waals surface area contributed by atoms with Crippen molar-refractivity contribution < 1.29 is 0 Å². The van der Waals surface area contributed by atoms with E-state index in [1.165, 1.54) is 36.7 Å². The normalized spacial score (nSPS) is 11.5. The van der Waals surface area contributed by atoms with Gasteiger partial charge in [0.15, 0.2) is 0 Å². The van der Waals surface area contributed by atoms with Crippen LogP contribution in [0.5, 0.6) is 0 Å². The maximum atomic E-state index is 6.86. The second kappa shape index (κ2) is 5.34. The summed E-state index contributed by atoms with van der Waals surface area (Å²) in [6.45, 7) is 0. The highest BCUT2D eigenvalue weighted by Gasteiger charge is 2.18. The number of halogens is 1. The minimum absolute atomic E-state index is 0.859. The number of thiophene rings is 1. The SMILES string of the molecule is Clc1c2ccccc2c(-c2ccccc2)c2sc3ccccc3c12. The molecule has 0 aliphatic heterocycles. The highest BCUT2D eigenvalue weighted by molar-refractivity contribution is 7.26. The zero-order valence-electron chi connectivity index (χ0n) is 12.8. The first-order valence-corrected chi connectivity index (χ1v) is 9.11. The second-order valence-corrected chi connectivity index (χ2v) is 7.33. The van der Waals surface area contributed by atoms with Crippen LogP contribution in [0.3, 0.4) is 0 Å². The first-order chi connectivity index (χ1) is 11.8. The summed E-state index contributed by atoms with van der Waals surface area (Å²) in [5.41, 5.74) is 2.52. The summed E-state index contributed by atoms with van der Waals surface area (Å²) in [4.78, 5) is 0. The summed E-state index contributed by atoms with van der Waals surface area (Å²) in [6, 6.07) is 27.6. The summed E-state index contributed by atoms with van der Waals surface area (Å²) in [7, 11) is 0. The molecular formula is C22H13ClS. The molecule has 0 nitrogen and oxygen atoms in total. The van der Waals surface area contributed by atoms with Crippen LogP contribution < -0.4 is 0 Å². The number of benzene rings is 4. The van der Waals surface area contributed by atoms with Crippen molar-refractivity contribution in [1.82, 2.24) is 0 Å². The first-order valence-electron chi connectivity index (χ1n) is 7.91. The molecule has 114 valence electrons. The van der Waals surface area contributed by atoms with Gasteiger partial charge in [0.1, 0.15) is 0 Å². The predicted molar refractivity (Wildman–Crippen MR) is 107 cm³/mol. The molecule has 1 heterocycles. The monoisotopic (exact) mass is 344 g/mol. The molecule has 5 aromatic rings. The molecule has 0 radical (unpaired) electrons. The van der Waals surface area contributed by atoms with Crippen molar-refractivity contribution >= 4 is 53.9 Å². The number of fused-ring (bicyclic) bond motifs is 4. The molecule has 0 saturated carbocycles. The molecule has 0 N–H and O–H groups in total. The Morgan fingerprint density at radius 2 is 1.25 bits per heavy atom. The van der Waals surface area contributed by atoms with E-state index in [9.17, 15) is 0 Å². The number of hydrogen-bond donors (Lipinski definition) is 0. The third kappa shape index (κ3) is 1.92. The fraction of sp³-hybridized carbons (Fsp3) is 0. The molecule has 0 spiro atoms. The van der Waals surface area contributed by atoms with Crippen molar-refractivity contribution in [2.75, 3.05) is 0 Å². The van der Waals surface area contributed by atoms with Crippen molar-refractivity contribution in [2.45, 2.75) is 0 Å². The number of rotatable bonds is 1. The third-order valence-electron chi connectivity index (χ3n) is 4.54. The maximum absolute atomic E-state index is 6.86. The third-order valence-corrected chi connectivity index (χ3v) is 6.12. The van der Waals surface area contributed by atoms with Gasteiger partial charge in [-0.15, -0.1) is 11.3 Å². The molecule has 24 heavy (non-hydrogen) atoms. The van der Waals surface area contributed by atoms with Crippen LogP contribution in [0.15, 0.2) is 78.9 Å². The highest BCUT2D eigenvalue weighted by Crippen LogP contribution is 2.47. The number of hydrogen-bond acceptors (Lipinski definition) is 1. The van der Waals surface area contributed by atoms with E-state index >= 15 is 0 Å². The Morgan fingerprint density at radius 1 is 0.625 bits per heavy atom. The van der Waals surface area contributed by atoms with E-state index in [-0.39, 0.29) is 0 Å². The Balaban J connectivity index is 2.10. The standard InChI is InChI=1S/C22H13ClS/c23-21-16-11-5-4-10-15(16)19(14-8-2-1-3-9-14)22-20(21)17-12-6-7-13-18(17)24-22/h1-13H. The largest absolute Gasteiger partial charge is 0.134 e. The predicted octanol–water partition coefficient (Wildman–Crippen LogP) is 7.53. The fourth-order valence-electron chi connectivity index (χ4n) is 3.48. The molecule has 0 amide bonds. The molecule has 0 aliphatic carbocycles. The van der Waals surface area contributed by atoms with Gasteiger partial charge in [-0.05, 0) is 17.0 Å². The van der Waals surface area contributed by atoms with Crippen molar-refractivity contribution in [2.24, 2.45) is 0 Å². The Hall–Kier alpha value is -2.35. The summed E-state index contributed by atoms with van der Waals surface area (Å²) in [5, 5.41) is 5.61. The minimum atomic E-state index is 0.859. The van der Waals surface area contributed by atoms with E-state index in [1.54, 1.807) is 0 Å². The van der Waals surface area contributed by atoms with Gasteiger partial charge in [-0.1, -0.05) is 84.4 Å². The molecule has 0 saturated heterocycles. The molecular weight excluding hydrogens is 332 g/mol. The lowest BCUT2D eigenvalue weighted by atomic mass is 9.95. The van der Waals surface area contributed by atoms with Crippen molar-refractivity contribution in [3.05, 3.63) is 83.9 Å². The van der Waals surface area contributed by atoms with E-state index < -0.39 is 0 Å². The van der Waals surface area contributed by atoms with Crippen LogP contribution in [0, 0.1) is 0 Å². The molecule has 4 aromatic carbocycles. The fourth-order valence-corrected chi connectivity index (χ4v) is 5.19. The zero-order valence-corrected chi connectivity index (χ0v) is 14.4.